The summed E-state index contributed by atoms with van der Waals surface area (Å²) < 4.78 is 29.2. The first-order chi connectivity index (χ1) is 38.2. The molecule has 0 saturated carbocycles. The Hall–Kier alpha value is -3.68. The van der Waals surface area contributed by atoms with Crippen molar-refractivity contribution in [2.45, 2.75) is 220 Å². The number of hydrogen-bond donors (Lipinski definition) is 17. The van der Waals surface area contributed by atoms with Crippen LogP contribution in [0.25, 0.3) is 0 Å². The van der Waals surface area contributed by atoms with E-state index in [0.29, 0.717) is 0 Å². The SMILES string of the molecule is CCC(O)CNC(=O)C1C2C[C@@H](OC3O[C@H](C)[C@@H](O)[C@H](NC[C@@]4(O)OC[C@@H](O)[C@H](O)[C@@H]4O)[C@@H]3O)/C=C/C=C/C=C/C=C/C=C/C=C/C=C/[C@H](C)[C@@H](O)C(C)[C@H](C)OC(=O)C[C@H](O)C[C@H](O)CC[C@@H](O)[C@H](O)C[C@H](O)C[C@](O)(C[C@@H]1O)O2. The molecule has 3 fully saturated rings. The van der Waals surface area contributed by atoms with Crippen molar-refractivity contribution in [3.05, 3.63) is 85.1 Å². The number of esters is 1. The topological polar surface area (TPSA) is 408 Å². The molecule has 0 spiro atoms. The van der Waals surface area contributed by atoms with E-state index in [1.165, 1.54) is 13.0 Å². The van der Waals surface area contributed by atoms with Crippen LogP contribution in [0.2, 0.25) is 0 Å². The second kappa shape index (κ2) is 33.7. The lowest BCUT2D eigenvalue weighted by atomic mass is 9.82. The zero-order valence-corrected chi connectivity index (χ0v) is 46.8. The van der Waals surface area contributed by atoms with Gasteiger partial charge in [-0.05, 0) is 39.5 Å². The number of fused-ring (bicyclic) bond motifs is 2. The van der Waals surface area contributed by atoms with Crippen LogP contribution in [0.3, 0.4) is 0 Å². The maximum absolute atomic E-state index is 13.9. The van der Waals surface area contributed by atoms with Crippen LogP contribution in [-0.4, -0.2) is 236 Å². The molecule has 0 aromatic heterocycles. The molecule has 0 aromatic rings. The second-order valence-electron chi connectivity index (χ2n) is 22.0. The molecule has 24 heteroatoms. The van der Waals surface area contributed by atoms with Crippen LogP contribution in [-0.2, 0) is 33.3 Å². The molecular weight excluding hydrogens is 1060 g/mol. The molecule has 4 heterocycles. The number of allylic oxidation sites excluding steroid dienone is 12. The molecule has 0 radical (unpaired) electrons. The Balaban J connectivity index is 1.65. The number of aliphatic hydroxyl groups is 15. The third kappa shape index (κ3) is 22.0. The van der Waals surface area contributed by atoms with Crippen molar-refractivity contribution in [3.8, 4) is 0 Å². The van der Waals surface area contributed by atoms with Crippen LogP contribution in [0, 0.1) is 17.8 Å². The van der Waals surface area contributed by atoms with E-state index >= 15 is 0 Å². The van der Waals surface area contributed by atoms with Crippen molar-refractivity contribution >= 4 is 11.9 Å². The lowest BCUT2D eigenvalue weighted by molar-refractivity contribution is -0.323. The predicted octanol–water partition coefficient (Wildman–Crippen LogP) is -2.05. The van der Waals surface area contributed by atoms with Crippen LogP contribution in [0.5, 0.6) is 0 Å². The maximum atomic E-state index is 13.9. The third-order valence-electron chi connectivity index (χ3n) is 15.2. The maximum Gasteiger partial charge on any atom is 0.308 e. The van der Waals surface area contributed by atoms with E-state index in [4.69, 9.17) is 23.7 Å². The fourth-order valence-electron chi connectivity index (χ4n) is 9.99. The van der Waals surface area contributed by atoms with Gasteiger partial charge < -0.3 is 111 Å². The first-order valence-electron chi connectivity index (χ1n) is 28.0. The van der Waals surface area contributed by atoms with E-state index in [0.717, 1.165) is 0 Å². The quantitative estimate of drug-likeness (QED) is 0.110. The molecule has 0 aromatic carbocycles. The monoisotopic (exact) mass is 1160 g/mol. The molecule has 462 valence electrons. The summed E-state index contributed by atoms with van der Waals surface area (Å²) in [5.74, 6) is -8.66. The molecule has 2 bridgehead atoms. The minimum Gasteiger partial charge on any atom is -0.462 e. The second-order valence-corrected chi connectivity index (χ2v) is 22.0. The molecule has 1 amide bonds. The Morgan fingerprint density at radius 1 is 0.679 bits per heavy atom. The van der Waals surface area contributed by atoms with Gasteiger partial charge in [0.2, 0.25) is 11.7 Å². The summed E-state index contributed by atoms with van der Waals surface area (Å²) in [6, 6.07) is -1.36. The largest absolute Gasteiger partial charge is 0.462 e. The van der Waals surface area contributed by atoms with E-state index in [9.17, 15) is 86.2 Å². The van der Waals surface area contributed by atoms with Gasteiger partial charge in [-0.3, -0.25) is 9.59 Å². The van der Waals surface area contributed by atoms with Crippen LogP contribution < -0.4 is 10.6 Å². The first-order valence-corrected chi connectivity index (χ1v) is 28.0. The molecule has 0 aliphatic carbocycles. The molecule has 81 heavy (non-hydrogen) atoms. The fraction of sp³-hybridized carbons (Fsp3) is 0.719. The van der Waals surface area contributed by atoms with Crippen LogP contribution in [0.15, 0.2) is 85.1 Å². The summed E-state index contributed by atoms with van der Waals surface area (Å²) in [5.41, 5.74) is 0. The van der Waals surface area contributed by atoms with E-state index in [2.05, 4.69) is 10.6 Å². The molecule has 3 saturated heterocycles. The minimum atomic E-state index is -2.48. The summed E-state index contributed by atoms with van der Waals surface area (Å²) in [6.07, 6.45) is -4.50. The molecule has 5 unspecified atom stereocenters. The minimum absolute atomic E-state index is 0.142. The molecule has 17 N–H and O–H groups in total. The van der Waals surface area contributed by atoms with Gasteiger partial charge in [0.05, 0.1) is 105 Å². The number of cyclic esters (lactones) is 1. The molecule has 24 nitrogen and oxygen atoms in total. The van der Waals surface area contributed by atoms with Gasteiger partial charge in [-0.25, -0.2) is 0 Å². The average molecular weight is 1160 g/mol. The lowest BCUT2D eigenvalue weighted by Crippen LogP contribution is -2.69. The van der Waals surface area contributed by atoms with Gasteiger partial charge in [0.1, 0.15) is 30.5 Å². The number of carbonyl (C=O) groups is 2. The zero-order chi connectivity index (χ0) is 60.2. The van der Waals surface area contributed by atoms with Crippen molar-refractivity contribution in [2.24, 2.45) is 17.8 Å². The van der Waals surface area contributed by atoms with Gasteiger partial charge in [0, 0.05) is 44.1 Å². The standard InChI is InChI=1S/C57H92N2O22/c1-6-36(60)29-58-54(74)47-43(66)28-56(75)27-39(63)24-42(65)41(64)22-21-37(61)23-38(62)25-46(68)78-34(4)33(3)49(69)32(2)19-17-15-13-11-9-7-8-10-12-14-16-18-20-40(26-45(47)81-56)80-55-52(72)48(50(70)35(5)79-55)59-31-57(76)53(73)51(71)44(67)30-77-57/h7-20,32-45,47-53,55,59-67,69-73,75-76H,6,21-31H2,1-5H3,(H,58,74)/b8-7+,11-9+,12-10+,15-13+,16-14+,19-17+,20-18+/t32-,33?,34-,35+,36?,37+,38+,39-,40-,41+,42+,43-,44+,45?,47?,48-,49+,50+,51-,52-,53-,55?,56+,57+/m0/s1. The molecule has 24 atom stereocenters. The number of amides is 1. The van der Waals surface area contributed by atoms with Gasteiger partial charge in [0.25, 0.3) is 0 Å². The Morgan fingerprint density at radius 2 is 1.28 bits per heavy atom. The number of aliphatic hydroxyl groups excluding tert-OH is 13. The number of nitrogens with one attached hydrogen (secondary N) is 2. The number of carbonyl (C=O) groups excluding carboxylic acids is 2. The lowest BCUT2D eigenvalue weighted by Gasteiger charge is -2.47. The highest BCUT2D eigenvalue weighted by Crippen LogP contribution is 2.38. The van der Waals surface area contributed by atoms with Crippen LogP contribution >= 0.6 is 0 Å². The Morgan fingerprint density at radius 3 is 1.90 bits per heavy atom. The smallest absolute Gasteiger partial charge is 0.308 e. The van der Waals surface area contributed by atoms with Crippen molar-refractivity contribution in [2.75, 3.05) is 19.7 Å². The van der Waals surface area contributed by atoms with Gasteiger partial charge in [-0.15, -0.1) is 0 Å². The Bertz CT molecular complexity index is 2110. The summed E-state index contributed by atoms with van der Waals surface area (Å²) in [5, 5.41) is 169. The Labute approximate surface area is 473 Å². The van der Waals surface area contributed by atoms with E-state index in [-0.39, 0.29) is 44.6 Å². The Kier molecular flexibility index (Phi) is 29.1. The summed E-state index contributed by atoms with van der Waals surface area (Å²) in [6.45, 7) is 6.90. The van der Waals surface area contributed by atoms with Crippen molar-refractivity contribution in [1.82, 2.24) is 10.6 Å². The molecule has 4 aliphatic rings. The fourth-order valence-corrected chi connectivity index (χ4v) is 9.99. The summed E-state index contributed by atoms with van der Waals surface area (Å²) in [4.78, 5) is 26.7. The molecule has 4 rings (SSSR count). The number of rotatable bonds is 9. The van der Waals surface area contributed by atoms with Crippen LogP contribution in [0.4, 0.5) is 0 Å². The number of hydrogen-bond acceptors (Lipinski definition) is 23. The third-order valence-corrected chi connectivity index (χ3v) is 15.2. The van der Waals surface area contributed by atoms with Crippen molar-refractivity contribution < 1.29 is 110 Å². The van der Waals surface area contributed by atoms with E-state index < -0.39 is 190 Å². The first kappa shape index (κ1) is 69.8. The summed E-state index contributed by atoms with van der Waals surface area (Å²) in [7, 11) is 0. The highest BCUT2D eigenvalue weighted by Gasteiger charge is 2.53. The van der Waals surface area contributed by atoms with Crippen molar-refractivity contribution in [3.63, 3.8) is 0 Å². The van der Waals surface area contributed by atoms with Gasteiger partial charge >= 0.3 is 5.97 Å². The number of ether oxygens (including phenoxy) is 5. The van der Waals surface area contributed by atoms with Gasteiger partial charge in [0.15, 0.2) is 12.1 Å². The highest BCUT2D eigenvalue weighted by atomic mass is 16.7. The van der Waals surface area contributed by atoms with Gasteiger partial charge in [-0.1, -0.05) is 106 Å². The highest BCUT2D eigenvalue weighted by molar-refractivity contribution is 5.80. The average Bonchev–Trinajstić information content (AvgIpc) is 3.46. The van der Waals surface area contributed by atoms with Crippen LogP contribution in [0.1, 0.15) is 92.4 Å². The summed E-state index contributed by atoms with van der Waals surface area (Å²) >= 11 is 0. The van der Waals surface area contributed by atoms with Gasteiger partial charge in [-0.2, -0.15) is 0 Å². The predicted molar refractivity (Wildman–Crippen MR) is 291 cm³/mol. The van der Waals surface area contributed by atoms with E-state index in [1.54, 1.807) is 99.8 Å². The van der Waals surface area contributed by atoms with Crippen molar-refractivity contribution in [1.29, 1.82) is 0 Å². The molecule has 4 aliphatic heterocycles. The van der Waals surface area contributed by atoms with E-state index in [1.807, 2.05) is 6.92 Å². The normalized spacial score (nSPS) is 45.0. The molecular formula is C57H92N2O22. The zero-order valence-electron chi connectivity index (χ0n) is 46.8.